The summed E-state index contributed by atoms with van der Waals surface area (Å²) in [5, 5.41) is 13.3. The summed E-state index contributed by atoms with van der Waals surface area (Å²) in [6, 6.07) is 16.1. The molecule has 0 fully saturated rings. The fourth-order valence-electron chi connectivity index (χ4n) is 3.20. The number of nitrogens with zero attached hydrogens (tertiary/aromatic N) is 2. The Morgan fingerprint density at radius 3 is 2.50 bits per heavy atom. The van der Waals surface area contributed by atoms with Gasteiger partial charge in [-0.05, 0) is 49.2 Å². The number of allylic oxidation sites excluding steroid dienone is 1. The van der Waals surface area contributed by atoms with E-state index in [9.17, 15) is 5.21 Å². The molecule has 1 N–H and O–H groups in total. The highest BCUT2D eigenvalue weighted by Crippen LogP contribution is 2.36. The zero-order valence-electron chi connectivity index (χ0n) is 14.2. The maximum Gasteiger partial charge on any atom is 0.119 e. The molecule has 2 aromatic carbocycles. The van der Waals surface area contributed by atoms with Crippen LogP contribution in [-0.2, 0) is 0 Å². The van der Waals surface area contributed by atoms with Gasteiger partial charge in [0, 0.05) is 23.9 Å². The van der Waals surface area contributed by atoms with Gasteiger partial charge in [0.1, 0.15) is 11.5 Å². The van der Waals surface area contributed by atoms with E-state index in [1.165, 1.54) is 5.56 Å². The molecule has 0 aliphatic carbocycles. The molecule has 0 radical (unpaired) electrons. The second-order valence-electron chi connectivity index (χ2n) is 5.81. The third kappa shape index (κ3) is 2.75. The summed E-state index contributed by atoms with van der Waals surface area (Å²) in [6.45, 7) is 5.21. The van der Waals surface area contributed by atoms with E-state index in [2.05, 4.69) is 48.3 Å². The van der Waals surface area contributed by atoms with Gasteiger partial charge in [0.05, 0.1) is 13.2 Å². The molecule has 124 valence electrons. The number of methoxy groups -OCH3 is 1. The molecule has 1 aliphatic heterocycles. The summed E-state index contributed by atoms with van der Waals surface area (Å²) in [5.41, 5.74) is 4.70. The normalized spacial score (nSPS) is 17.3. The smallest absolute Gasteiger partial charge is 0.119 e. The minimum absolute atomic E-state index is 0.297. The van der Waals surface area contributed by atoms with Crippen LogP contribution in [0.1, 0.15) is 36.6 Å². The Balaban J connectivity index is 2.10. The molecule has 1 unspecified atom stereocenters. The van der Waals surface area contributed by atoms with Crippen molar-refractivity contribution < 1.29 is 9.94 Å². The Morgan fingerprint density at radius 1 is 1.17 bits per heavy atom. The Labute approximate surface area is 142 Å². The molecule has 0 bridgehead atoms. The molecule has 2 aromatic rings. The molecule has 4 nitrogen and oxygen atoms in total. The first-order valence-corrected chi connectivity index (χ1v) is 8.13. The highest BCUT2D eigenvalue weighted by atomic mass is 16.5. The average molecular weight is 322 g/mol. The molecule has 0 spiro atoms. The molecule has 1 atom stereocenters. The molecule has 0 amide bonds. The quantitative estimate of drug-likeness (QED) is 0.518. The van der Waals surface area contributed by atoms with Crippen LogP contribution in [-0.4, -0.2) is 29.5 Å². The van der Waals surface area contributed by atoms with Crippen LogP contribution in [0.3, 0.4) is 0 Å². The Kier molecular flexibility index (Phi) is 4.56. The van der Waals surface area contributed by atoms with Gasteiger partial charge in [-0.1, -0.05) is 29.4 Å². The molecule has 0 aromatic heterocycles. The van der Waals surface area contributed by atoms with E-state index in [1.54, 1.807) is 7.11 Å². The van der Waals surface area contributed by atoms with Crippen LogP contribution in [0.15, 0.2) is 59.9 Å². The highest BCUT2D eigenvalue weighted by molar-refractivity contribution is 6.32. The van der Waals surface area contributed by atoms with Gasteiger partial charge in [-0.25, -0.2) is 0 Å². The highest BCUT2D eigenvalue weighted by Gasteiger charge is 2.26. The van der Waals surface area contributed by atoms with Crippen LogP contribution >= 0.6 is 0 Å². The number of hydrogen-bond acceptors (Lipinski definition) is 4. The lowest BCUT2D eigenvalue weighted by Gasteiger charge is -2.34. The number of benzene rings is 2. The van der Waals surface area contributed by atoms with E-state index < -0.39 is 0 Å². The summed E-state index contributed by atoms with van der Waals surface area (Å²) in [7, 11) is 1.64. The van der Waals surface area contributed by atoms with E-state index in [0.717, 1.165) is 29.0 Å². The summed E-state index contributed by atoms with van der Waals surface area (Å²) < 4.78 is 5.21. The van der Waals surface area contributed by atoms with Gasteiger partial charge in [0.25, 0.3) is 0 Å². The molecular weight excluding hydrogens is 300 g/mol. The monoisotopic (exact) mass is 322 g/mol. The first kappa shape index (κ1) is 16.1. The van der Waals surface area contributed by atoms with Gasteiger partial charge in [0.15, 0.2) is 0 Å². The van der Waals surface area contributed by atoms with E-state index in [1.807, 2.05) is 30.3 Å². The van der Waals surface area contributed by atoms with Crippen molar-refractivity contribution in [1.29, 1.82) is 0 Å². The van der Waals surface area contributed by atoms with Crippen molar-refractivity contribution >= 4 is 11.3 Å². The number of rotatable bonds is 4. The van der Waals surface area contributed by atoms with Crippen LogP contribution in [0.2, 0.25) is 0 Å². The van der Waals surface area contributed by atoms with Crippen LogP contribution in [0.5, 0.6) is 5.75 Å². The molecule has 1 aliphatic rings. The van der Waals surface area contributed by atoms with Crippen LogP contribution in [0, 0.1) is 0 Å². The van der Waals surface area contributed by atoms with E-state index in [4.69, 9.17) is 4.74 Å². The fourth-order valence-corrected chi connectivity index (χ4v) is 3.20. The zero-order chi connectivity index (χ0) is 17.1. The number of fused-ring (bicyclic) bond motifs is 1. The largest absolute Gasteiger partial charge is 0.497 e. The molecule has 3 rings (SSSR count). The lowest BCUT2D eigenvalue weighted by Crippen LogP contribution is -2.27. The van der Waals surface area contributed by atoms with Gasteiger partial charge in [-0.15, -0.1) is 0 Å². The standard InChI is InChI=1S/C20H22N2O2/c1-4-22-13-19(18-8-6-5-7-17(18)14(22)2)20(21-23)15-9-11-16(24-3)12-10-15/h5-14,23H,4H2,1-3H3/b21-20+. The minimum atomic E-state index is 0.297. The predicted octanol–water partition coefficient (Wildman–Crippen LogP) is 4.31. The molecule has 0 saturated heterocycles. The van der Waals surface area contributed by atoms with Crippen molar-refractivity contribution in [2.75, 3.05) is 13.7 Å². The Morgan fingerprint density at radius 2 is 1.88 bits per heavy atom. The van der Waals surface area contributed by atoms with Gasteiger partial charge in [0.2, 0.25) is 0 Å². The lowest BCUT2D eigenvalue weighted by atomic mass is 9.87. The fraction of sp³-hybridized carbons (Fsp3) is 0.250. The molecule has 24 heavy (non-hydrogen) atoms. The zero-order valence-corrected chi connectivity index (χ0v) is 14.2. The van der Waals surface area contributed by atoms with E-state index in [0.29, 0.717) is 11.8 Å². The van der Waals surface area contributed by atoms with Gasteiger partial charge in [-0.3, -0.25) is 0 Å². The summed E-state index contributed by atoms with van der Waals surface area (Å²) in [5.74, 6) is 0.776. The van der Waals surface area contributed by atoms with Gasteiger partial charge < -0.3 is 14.8 Å². The van der Waals surface area contributed by atoms with Crippen molar-refractivity contribution in [2.45, 2.75) is 19.9 Å². The molecule has 4 heteroatoms. The van der Waals surface area contributed by atoms with Crippen molar-refractivity contribution in [2.24, 2.45) is 5.16 Å². The second-order valence-corrected chi connectivity index (χ2v) is 5.81. The van der Waals surface area contributed by atoms with Crippen molar-refractivity contribution in [3.63, 3.8) is 0 Å². The Bertz CT molecular complexity index is 778. The first-order chi connectivity index (χ1) is 11.7. The van der Waals surface area contributed by atoms with Crippen LogP contribution < -0.4 is 4.74 Å². The van der Waals surface area contributed by atoms with E-state index >= 15 is 0 Å². The maximum atomic E-state index is 9.71. The van der Waals surface area contributed by atoms with Gasteiger partial charge in [-0.2, -0.15) is 0 Å². The third-order valence-corrected chi connectivity index (χ3v) is 4.58. The Hall–Kier alpha value is -2.75. The number of oxime groups is 1. The van der Waals surface area contributed by atoms with Crippen molar-refractivity contribution in [3.05, 3.63) is 71.4 Å². The molecular formula is C20H22N2O2. The third-order valence-electron chi connectivity index (χ3n) is 4.58. The van der Waals surface area contributed by atoms with Crippen molar-refractivity contribution in [1.82, 2.24) is 4.90 Å². The van der Waals surface area contributed by atoms with Gasteiger partial charge >= 0.3 is 0 Å². The van der Waals surface area contributed by atoms with Crippen LogP contribution in [0.25, 0.3) is 5.57 Å². The summed E-state index contributed by atoms with van der Waals surface area (Å²) in [4.78, 5) is 2.26. The minimum Gasteiger partial charge on any atom is -0.497 e. The predicted molar refractivity (Wildman–Crippen MR) is 96.5 cm³/mol. The molecule has 0 saturated carbocycles. The number of ether oxygens (including phenoxy) is 1. The maximum absolute atomic E-state index is 9.71. The second kappa shape index (κ2) is 6.79. The van der Waals surface area contributed by atoms with E-state index in [-0.39, 0.29) is 0 Å². The lowest BCUT2D eigenvalue weighted by molar-refractivity contribution is 0.308. The number of hydrogen-bond donors (Lipinski definition) is 1. The summed E-state index contributed by atoms with van der Waals surface area (Å²) in [6.07, 6.45) is 2.09. The topological polar surface area (TPSA) is 45.1 Å². The van der Waals surface area contributed by atoms with Crippen LogP contribution in [0.4, 0.5) is 0 Å². The van der Waals surface area contributed by atoms with Crippen molar-refractivity contribution in [3.8, 4) is 5.75 Å². The summed E-state index contributed by atoms with van der Waals surface area (Å²) >= 11 is 0. The average Bonchev–Trinajstić information content (AvgIpc) is 2.64. The molecule has 1 heterocycles. The first-order valence-electron chi connectivity index (χ1n) is 8.13. The SMILES string of the molecule is CCN1C=C(/C(=N/O)c2ccc(OC)cc2)c2ccccc2C1C.